The van der Waals surface area contributed by atoms with Crippen LogP contribution in [0.3, 0.4) is 0 Å². The Kier molecular flexibility index (Phi) is 3.70. The zero-order valence-corrected chi connectivity index (χ0v) is 10.6. The lowest BCUT2D eigenvalue weighted by molar-refractivity contribution is 0.387. The monoisotopic (exact) mass is 263 g/mol. The summed E-state index contributed by atoms with van der Waals surface area (Å²) in [6.45, 7) is 0. The van der Waals surface area contributed by atoms with Gasteiger partial charge in [0, 0.05) is 11.8 Å². The van der Waals surface area contributed by atoms with Crippen LogP contribution in [0.4, 0.5) is 21.6 Å². The third-order valence-electron chi connectivity index (χ3n) is 2.51. The molecule has 0 saturated carbocycles. The van der Waals surface area contributed by atoms with Crippen molar-refractivity contribution < 1.29 is 13.9 Å². The highest BCUT2D eigenvalue weighted by molar-refractivity contribution is 5.62. The molecule has 0 fully saturated rings. The maximum absolute atomic E-state index is 13.3. The fourth-order valence-corrected chi connectivity index (χ4v) is 1.57. The van der Waals surface area contributed by atoms with Crippen LogP contribution in [-0.4, -0.2) is 19.2 Å². The number of ether oxygens (including phenoxy) is 2. The van der Waals surface area contributed by atoms with Gasteiger partial charge < -0.3 is 20.5 Å². The van der Waals surface area contributed by atoms with Crippen LogP contribution < -0.4 is 20.5 Å². The Balaban J connectivity index is 2.25. The average Bonchev–Trinajstić information content (AvgIpc) is 2.43. The number of hydrogen-bond acceptors (Lipinski definition) is 5. The first-order valence-electron chi connectivity index (χ1n) is 5.55. The van der Waals surface area contributed by atoms with E-state index in [1.54, 1.807) is 24.3 Å². The summed E-state index contributed by atoms with van der Waals surface area (Å²) in [5.74, 6) is 0.613. The van der Waals surface area contributed by atoms with Crippen LogP contribution in [0.2, 0.25) is 0 Å². The quantitative estimate of drug-likeness (QED) is 0.887. The van der Waals surface area contributed by atoms with Crippen LogP contribution in [-0.2, 0) is 0 Å². The Morgan fingerprint density at radius 1 is 1.16 bits per heavy atom. The zero-order valence-electron chi connectivity index (χ0n) is 10.6. The number of aromatic nitrogens is 1. The largest absolute Gasteiger partial charge is 0.494 e. The number of rotatable bonds is 4. The van der Waals surface area contributed by atoms with E-state index >= 15 is 0 Å². The van der Waals surface area contributed by atoms with Crippen molar-refractivity contribution in [1.29, 1.82) is 0 Å². The number of benzene rings is 1. The maximum atomic E-state index is 13.3. The van der Waals surface area contributed by atoms with Gasteiger partial charge in [-0.1, -0.05) is 0 Å². The minimum absolute atomic E-state index is 0.160. The molecule has 0 saturated heterocycles. The summed E-state index contributed by atoms with van der Waals surface area (Å²) >= 11 is 0. The van der Waals surface area contributed by atoms with Gasteiger partial charge in [-0.3, -0.25) is 0 Å². The van der Waals surface area contributed by atoms with Crippen molar-refractivity contribution in [3.63, 3.8) is 0 Å². The van der Waals surface area contributed by atoms with Crippen molar-refractivity contribution in [2.45, 2.75) is 0 Å². The number of nitrogens with one attached hydrogen (secondary N) is 1. The molecule has 2 rings (SSSR count). The molecule has 0 spiro atoms. The number of nitrogen functional groups attached to an aromatic ring is 1. The molecule has 1 heterocycles. The van der Waals surface area contributed by atoms with Gasteiger partial charge in [0.05, 0.1) is 19.9 Å². The van der Waals surface area contributed by atoms with E-state index in [1.807, 2.05) is 0 Å². The van der Waals surface area contributed by atoms with Gasteiger partial charge in [-0.2, -0.15) is 4.98 Å². The van der Waals surface area contributed by atoms with E-state index in [-0.39, 0.29) is 5.75 Å². The highest BCUT2D eigenvalue weighted by Gasteiger charge is 2.06. The number of nitrogens with zero attached hydrogens (tertiary/aromatic N) is 1. The van der Waals surface area contributed by atoms with E-state index in [0.29, 0.717) is 23.1 Å². The molecule has 0 aliphatic heterocycles. The van der Waals surface area contributed by atoms with Gasteiger partial charge in [-0.15, -0.1) is 0 Å². The number of anilines is 3. The molecule has 2 aromatic rings. The second-order valence-electron chi connectivity index (χ2n) is 3.77. The molecule has 3 N–H and O–H groups in total. The van der Waals surface area contributed by atoms with E-state index < -0.39 is 5.82 Å². The second kappa shape index (κ2) is 5.43. The Morgan fingerprint density at radius 3 is 2.63 bits per heavy atom. The molecule has 100 valence electrons. The first kappa shape index (κ1) is 12.9. The first-order chi connectivity index (χ1) is 9.13. The van der Waals surface area contributed by atoms with E-state index in [0.717, 1.165) is 0 Å². The molecule has 0 unspecified atom stereocenters. The Morgan fingerprint density at radius 2 is 1.95 bits per heavy atom. The summed E-state index contributed by atoms with van der Waals surface area (Å²) in [6.07, 6.45) is 0. The first-order valence-corrected chi connectivity index (χ1v) is 5.55. The van der Waals surface area contributed by atoms with Gasteiger partial charge in [0.15, 0.2) is 11.6 Å². The highest BCUT2D eigenvalue weighted by atomic mass is 19.1. The van der Waals surface area contributed by atoms with E-state index in [1.165, 1.54) is 20.3 Å². The minimum atomic E-state index is -0.420. The predicted molar refractivity (Wildman–Crippen MR) is 71.4 cm³/mol. The zero-order chi connectivity index (χ0) is 13.8. The fourth-order valence-electron chi connectivity index (χ4n) is 1.57. The topological polar surface area (TPSA) is 69.4 Å². The summed E-state index contributed by atoms with van der Waals surface area (Å²) in [6, 6.07) is 7.82. The van der Waals surface area contributed by atoms with Crippen molar-refractivity contribution in [1.82, 2.24) is 4.98 Å². The molecule has 0 atom stereocenters. The van der Waals surface area contributed by atoms with Gasteiger partial charge in [-0.25, -0.2) is 4.39 Å². The third kappa shape index (κ3) is 2.85. The summed E-state index contributed by atoms with van der Waals surface area (Å²) in [4.78, 5) is 4.17. The van der Waals surface area contributed by atoms with Crippen LogP contribution in [0.5, 0.6) is 11.6 Å². The molecule has 5 nitrogen and oxygen atoms in total. The normalized spacial score (nSPS) is 10.1. The minimum Gasteiger partial charge on any atom is -0.494 e. The molecular weight excluding hydrogens is 249 g/mol. The molecule has 19 heavy (non-hydrogen) atoms. The predicted octanol–water partition coefficient (Wildman–Crippen LogP) is 2.56. The van der Waals surface area contributed by atoms with Crippen LogP contribution >= 0.6 is 0 Å². The Bertz CT molecular complexity index is 539. The summed E-state index contributed by atoms with van der Waals surface area (Å²) in [5, 5.41) is 3.01. The van der Waals surface area contributed by atoms with E-state index in [4.69, 9.17) is 15.2 Å². The summed E-state index contributed by atoms with van der Waals surface area (Å²) in [7, 11) is 2.90. The van der Waals surface area contributed by atoms with Crippen molar-refractivity contribution in [2.75, 3.05) is 25.3 Å². The van der Waals surface area contributed by atoms with Crippen molar-refractivity contribution in [3.05, 3.63) is 36.1 Å². The molecule has 0 aliphatic carbocycles. The SMILES string of the molecule is COc1cc(Nc2ccc(N)c(OC)n2)ccc1F. The average molecular weight is 263 g/mol. The number of methoxy groups -OCH3 is 2. The van der Waals surface area contributed by atoms with Crippen LogP contribution in [0, 0.1) is 5.82 Å². The Hall–Kier alpha value is -2.50. The van der Waals surface area contributed by atoms with Gasteiger partial charge in [0.2, 0.25) is 5.88 Å². The molecule has 6 heteroatoms. The fraction of sp³-hybridized carbons (Fsp3) is 0.154. The lowest BCUT2D eigenvalue weighted by atomic mass is 10.3. The smallest absolute Gasteiger partial charge is 0.238 e. The Labute approximate surface area is 110 Å². The molecule has 0 radical (unpaired) electrons. The van der Waals surface area contributed by atoms with Crippen LogP contribution in [0.25, 0.3) is 0 Å². The molecule has 0 amide bonds. The van der Waals surface area contributed by atoms with Crippen molar-refractivity contribution in [3.8, 4) is 11.6 Å². The van der Waals surface area contributed by atoms with Crippen LogP contribution in [0.1, 0.15) is 0 Å². The lowest BCUT2D eigenvalue weighted by Crippen LogP contribution is -2.00. The molecule has 0 aliphatic rings. The highest BCUT2D eigenvalue weighted by Crippen LogP contribution is 2.26. The second-order valence-corrected chi connectivity index (χ2v) is 3.77. The summed E-state index contributed by atoms with van der Waals surface area (Å²) in [5.41, 5.74) is 6.77. The maximum Gasteiger partial charge on any atom is 0.238 e. The standard InChI is InChI=1S/C13H14FN3O2/c1-18-11-7-8(3-4-9(11)14)16-12-6-5-10(15)13(17-12)19-2/h3-7H,15H2,1-2H3,(H,16,17). The molecule has 0 bridgehead atoms. The summed E-state index contributed by atoms with van der Waals surface area (Å²) < 4.78 is 23.2. The number of nitrogens with two attached hydrogens (primary N) is 1. The number of pyridine rings is 1. The van der Waals surface area contributed by atoms with E-state index in [9.17, 15) is 4.39 Å². The lowest BCUT2D eigenvalue weighted by Gasteiger charge is -2.10. The van der Waals surface area contributed by atoms with E-state index in [2.05, 4.69) is 10.3 Å². The van der Waals surface area contributed by atoms with Crippen molar-refractivity contribution >= 4 is 17.2 Å². The molecular formula is C13H14FN3O2. The number of halogens is 1. The number of hydrogen-bond donors (Lipinski definition) is 2. The van der Waals surface area contributed by atoms with Crippen molar-refractivity contribution in [2.24, 2.45) is 0 Å². The van der Waals surface area contributed by atoms with Gasteiger partial charge in [0.25, 0.3) is 0 Å². The third-order valence-corrected chi connectivity index (χ3v) is 2.51. The molecule has 1 aromatic carbocycles. The van der Waals surface area contributed by atoms with Gasteiger partial charge >= 0.3 is 0 Å². The van der Waals surface area contributed by atoms with Gasteiger partial charge in [-0.05, 0) is 24.3 Å². The van der Waals surface area contributed by atoms with Crippen LogP contribution in [0.15, 0.2) is 30.3 Å². The van der Waals surface area contributed by atoms with Gasteiger partial charge in [0.1, 0.15) is 5.82 Å². The molecule has 1 aromatic heterocycles.